The van der Waals surface area contributed by atoms with Gasteiger partial charge in [-0.1, -0.05) is 56.2 Å². The van der Waals surface area contributed by atoms with Crippen LogP contribution in [0.2, 0.25) is 0 Å². The zero-order chi connectivity index (χ0) is 22.9. The summed E-state index contributed by atoms with van der Waals surface area (Å²) in [7, 11) is 0. The normalized spacial score (nSPS) is 25.8. The molecule has 0 spiro atoms. The number of rotatable bonds is 4. The first-order chi connectivity index (χ1) is 16.0. The number of nitrogens with one attached hydrogen (secondary N) is 1. The lowest BCUT2D eigenvalue weighted by atomic mass is 9.87. The Morgan fingerprint density at radius 3 is 2.61 bits per heavy atom. The van der Waals surface area contributed by atoms with Gasteiger partial charge in [-0.3, -0.25) is 18.9 Å². The molecule has 0 atom stereocenters. The number of carbonyl (C=O) groups is 1. The van der Waals surface area contributed by atoms with Gasteiger partial charge in [0, 0.05) is 18.3 Å². The molecular weight excluding hydrogens is 452 g/mol. The Morgan fingerprint density at radius 2 is 1.85 bits per heavy atom. The molecule has 6 nitrogen and oxygen atoms in total. The summed E-state index contributed by atoms with van der Waals surface area (Å²) in [5.74, 6) is 1.22. The lowest BCUT2D eigenvalue weighted by Crippen LogP contribution is -2.39. The largest absolute Gasteiger partial charge is 0.367 e. The second kappa shape index (κ2) is 9.58. The zero-order valence-electron chi connectivity index (χ0n) is 19.0. The quantitative estimate of drug-likeness (QED) is 0.476. The van der Waals surface area contributed by atoms with Crippen LogP contribution in [0, 0.1) is 5.92 Å². The smallest absolute Gasteiger partial charge is 0.267 e. The highest BCUT2D eigenvalue weighted by atomic mass is 32.2. The van der Waals surface area contributed by atoms with Crippen LogP contribution in [0.1, 0.15) is 70.3 Å². The van der Waals surface area contributed by atoms with Crippen molar-refractivity contribution in [1.82, 2.24) is 14.3 Å². The maximum absolute atomic E-state index is 13.5. The van der Waals surface area contributed by atoms with Crippen LogP contribution in [0.15, 0.2) is 34.1 Å². The van der Waals surface area contributed by atoms with Crippen molar-refractivity contribution in [2.75, 3.05) is 5.32 Å². The maximum atomic E-state index is 13.5. The summed E-state index contributed by atoms with van der Waals surface area (Å²) < 4.78 is 2.14. The number of thioether (sulfide) groups is 1. The third-order valence-corrected chi connectivity index (χ3v) is 8.49. The van der Waals surface area contributed by atoms with Crippen LogP contribution >= 0.6 is 24.0 Å². The van der Waals surface area contributed by atoms with Crippen LogP contribution in [-0.2, 0) is 4.79 Å². The number of fused-ring (bicyclic) bond motifs is 1. The fourth-order valence-corrected chi connectivity index (χ4v) is 6.59. The predicted molar refractivity (Wildman–Crippen MR) is 138 cm³/mol. The van der Waals surface area contributed by atoms with Gasteiger partial charge in [0.2, 0.25) is 0 Å². The summed E-state index contributed by atoms with van der Waals surface area (Å²) in [5.41, 5.74) is 0.859. The number of nitrogens with zero attached hydrogens (tertiary/aromatic N) is 3. The molecule has 0 unspecified atom stereocenters. The number of carbonyl (C=O) groups excluding carboxylic acids is 1. The molecule has 174 valence electrons. The van der Waals surface area contributed by atoms with Crippen molar-refractivity contribution in [2.24, 2.45) is 5.92 Å². The van der Waals surface area contributed by atoms with Crippen molar-refractivity contribution in [2.45, 2.75) is 76.8 Å². The van der Waals surface area contributed by atoms with E-state index in [4.69, 9.17) is 17.2 Å². The van der Waals surface area contributed by atoms with Gasteiger partial charge in [-0.15, -0.1) is 0 Å². The molecule has 3 aliphatic rings. The monoisotopic (exact) mass is 482 g/mol. The molecule has 3 heterocycles. The van der Waals surface area contributed by atoms with Gasteiger partial charge in [0.05, 0.1) is 10.5 Å². The lowest BCUT2D eigenvalue weighted by molar-refractivity contribution is -0.124. The van der Waals surface area contributed by atoms with E-state index in [2.05, 4.69) is 12.2 Å². The third-order valence-electron chi connectivity index (χ3n) is 7.16. The average molecular weight is 483 g/mol. The molecule has 3 fully saturated rings. The van der Waals surface area contributed by atoms with Crippen molar-refractivity contribution in [3.8, 4) is 0 Å². The zero-order valence-corrected chi connectivity index (χ0v) is 20.6. The van der Waals surface area contributed by atoms with E-state index < -0.39 is 0 Å². The van der Waals surface area contributed by atoms with Crippen molar-refractivity contribution in [3.05, 3.63) is 45.2 Å². The molecule has 1 aliphatic heterocycles. The first kappa shape index (κ1) is 22.6. The third kappa shape index (κ3) is 4.60. The minimum Gasteiger partial charge on any atom is -0.367 e. The van der Waals surface area contributed by atoms with Gasteiger partial charge >= 0.3 is 0 Å². The summed E-state index contributed by atoms with van der Waals surface area (Å²) in [4.78, 5) is 33.9. The van der Waals surface area contributed by atoms with E-state index in [0.717, 1.165) is 44.4 Å². The highest BCUT2D eigenvalue weighted by Crippen LogP contribution is 2.37. The number of hydrogen-bond donors (Lipinski definition) is 1. The molecule has 1 N–H and O–H groups in total. The molecule has 2 aliphatic carbocycles. The number of anilines is 1. The molecule has 8 heteroatoms. The van der Waals surface area contributed by atoms with Gasteiger partial charge in [-0.2, -0.15) is 0 Å². The average Bonchev–Trinajstić information content (AvgIpc) is 3.11. The molecule has 0 aromatic carbocycles. The van der Waals surface area contributed by atoms with Crippen molar-refractivity contribution >= 4 is 51.7 Å². The Balaban J connectivity index is 1.51. The van der Waals surface area contributed by atoms with E-state index in [1.54, 1.807) is 21.6 Å². The van der Waals surface area contributed by atoms with E-state index in [1.807, 2.05) is 18.2 Å². The molecule has 2 saturated carbocycles. The van der Waals surface area contributed by atoms with E-state index in [9.17, 15) is 9.59 Å². The van der Waals surface area contributed by atoms with E-state index in [1.165, 1.54) is 31.0 Å². The van der Waals surface area contributed by atoms with E-state index in [0.29, 0.717) is 26.3 Å². The van der Waals surface area contributed by atoms with Gasteiger partial charge in [-0.05, 0) is 62.7 Å². The summed E-state index contributed by atoms with van der Waals surface area (Å²) in [6.07, 6.45) is 13.3. The first-order valence-electron chi connectivity index (χ1n) is 12.1. The summed E-state index contributed by atoms with van der Waals surface area (Å²) >= 11 is 6.89. The molecule has 0 radical (unpaired) electrons. The molecule has 33 heavy (non-hydrogen) atoms. The van der Waals surface area contributed by atoms with Crippen LogP contribution in [0.4, 0.5) is 5.82 Å². The van der Waals surface area contributed by atoms with Crippen LogP contribution in [0.25, 0.3) is 11.7 Å². The summed E-state index contributed by atoms with van der Waals surface area (Å²) in [6, 6.07) is 5.99. The van der Waals surface area contributed by atoms with Crippen molar-refractivity contribution in [1.29, 1.82) is 0 Å². The molecule has 2 aromatic heterocycles. The van der Waals surface area contributed by atoms with Gasteiger partial charge in [0.1, 0.15) is 15.8 Å². The van der Waals surface area contributed by atoms with Gasteiger partial charge in [0.25, 0.3) is 11.5 Å². The highest BCUT2D eigenvalue weighted by molar-refractivity contribution is 8.26. The molecule has 1 saturated heterocycles. The Kier molecular flexibility index (Phi) is 6.56. The number of pyridine rings is 1. The molecule has 5 rings (SSSR count). The summed E-state index contributed by atoms with van der Waals surface area (Å²) in [6.45, 7) is 2.29. The number of thiocarbonyl (C=S) groups is 1. The van der Waals surface area contributed by atoms with Crippen molar-refractivity contribution in [3.63, 3.8) is 0 Å². The van der Waals surface area contributed by atoms with Gasteiger partial charge < -0.3 is 5.32 Å². The maximum Gasteiger partial charge on any atom is 0.267 e. The Bertz CT molecular complexity index is 1160. The first-order valence-corrected chi connectivity index (χ1v) is 13.3. The number of amides is 1. The van der Waals surface area contributed by atoms with E-state index in [-0.39, 0.29) is 23.6 Å². The number of aromatic nitrogens is 2. The fourth-order valence-electron chi connectivity index (χ4n) is 5.21. The molecule has 2 aromatic rings. The van der Waals surface area contributed by atoms with Crippen molar-refractivity contribution < 1.29 is 4.79 Å². The second-order valence-corrected chi connectivity index (χ2v) is 11.2. The molecular formula is C25H30N4O2S2. The van der Waals surface area contributed by atoms with Gasteiger partial charge in [0.15, 0.2) is 0 Å². The van der Waals surface area contributed by atoms with Crippen LogP contribution < -0.4 is 10.9 Å². The van der Waals surface area contributed by atoms with Crippen LogP contribution in [-0.4, -0.2) is 36.6 Å². The molecule has 0 bridgehead atoms. The summed E-state index contributed by atoms with van der Waals surface area (Å²) in [5, 5.41) is 3.54. The Labute approximate surface area is 203 Å². The number of hydrogen-bond acceptors (Lipinski definition) is 6. The van der Waals surface area contributed by atoms with Crippen LogP contribution in [0.5, 0.6) is 0 Å². The highest BCUT2D eigenvalue weighted by Gasteiger charge is 2.38. The predicted octanol–water partition coefficient (Wildman–Crippen LogP) is 5.22. The topological polar surface area (TPSA) is 66.7 Å². The molecule has 1 amide bonds. The lowest BCUT2D eigenvalue weighted by Gasteiger charge is -2.29. The Morgan fingerprint density at radius 1 is 1.09 bits per heavy atom. The fraction of sp³-hybridized carbons (Fsp3) is 0.520. The standard InChI is InChI=1S/C25H30N4O2S2/c1-16-10-12-17(13-11-16)26-22-19(23(30)28-14-6-5-9-21(28)27-22)15-20-24(31)29(25(32)33-20)18-7-3-2-4-8-18/h5-6,9,14-18,26H,2-4,7-8,10-13H2,1H3. The minimum atomic E-state index is -0.171. The second-order valence-electron chi connectivity index (χ2n) is 9.55. The van der Waals surface area contributed by atoms with Crippen LogP contribution in [0.3, 0.4) is 0 Å². The Hall–Kier alpha value is -2.19. The van der Waals surface area contributed by atoms with Gasteiger partial charge in [-0.25, -0.2) is 4.98 Å². The minimum absolute atomic E-state index is 0.0769. The SMILES string of the molecule is CC1CCC(Nc2nc3ccccn3c(=O)c2C=C2SC(=S)N(C3CCCCC3)C2=O)CC1. The van der Waals surface area contributed by atoms with E-state index >= 15 is 0 Å².